The second-order valence-corrected chi connectivity index (χ2v) is 7.69. The lowest BCUT2D eigenvalue weighted by Gasteiger charge is -2.28. The molecule has 0 bridgehead atoms. The second kappa shape index (κ2) is 10.5. The number of nitrogens with zero attached hydrogens (tertiary/aromatic N) is 1. The van der Waals surface area contributed by atoms with Gasteiger partial charge in [0.1, 0.15) is 11.8 Å². The summed E-state index contributed by atoms with van der Waals surface area (Å²) in [5.74, 6) is 1.43. The minimum absolute atomic E-state index is 0.156. The van der Waals surface area contributed by atoms with E-state index in [1.54, 1.807) is 19.1 Å². The molecule has 1 aliphatic heterocycles. The summed E-state index contributed by atoms with van der Waals surface area (Å²) in [7, 11) is 0. The van der Waals surface area contributed by atoms with E-state index in [9.17, 15) is 9.59 Å². The largest absolute Gasteiger partial charge is 0.484 e. The molecule has 1 atom stereocenters. The van der Waals surface area contributed by atoms with Crippen LogP contribution in [0.2, 0.25) is 0 Å². The zero-order valence-corrected chi connectivity index (χ0v) is 18.4. The number of fused-ring (bicyclic) bond motifs is 1. The molecule has 2 amide bonds. The SMILES string of the molecule is C[C@H](C(=O)NCc1ccc2c(c1)OCO2)N(Cc1ccccc1)C(=O)COc1ccccc1. The van der Waals surface area contributed by atoms with Crippen LogP contribution in [0.4, 0.5) is 0 Å². The van der Waals surface area contributed by atoms with Gasteiger partial charge < -0.3 is 24.4 Å². The summed E-state index contributed by atoms with van der Waals surface area (Å²) in [4.78, 5) is 27.6. The molecule has 1 N–H and O–H groups in total. The van der Waals surface area contributed by atoms with Crippen LogP contribution in [0.5, 0.6) is 17.2 Å². The third-order valence-corrected chi connectivity index (χ3v) is 5.37. The number of hydrogen-bond acceptors (Lipinski definition) is 5. The molecule has 7 nitrogen and oxygen atoms in total. The maximum Gasteiger partial charge on any atom is 0.261 e. The molecule has 33 heavy (non-hydrogen) atoms. The standard InChI is InChI=1S/C26H26N2O5/c1-19(26(30)27-15-21-12-13-23-24(14-21)33-18-32-23)28(16-20-8-4-2-5-9-20)25(29)17-31-22-10-6-3-7-11-22/h2-14,19H,15-18H2,1H3,(H,27,30)/t19-/m1/s1. The minimum Gasteiger partial charge on any atom is -0.484 e. The molecule has 1 aliphatic rings. The number of ether oxygens (including phenoxy) is 3. The van der Waals surface area contributed by atoms with Crippen molar-refractivity contribution in [1.82, 2.24) is 10.2 Å². The highest BCUT2D eigenvalue weighted by molar-refractivity contribution is 5.88. The van der Waals surface area contributed by atoms with E-state index in [4.69, 9.17) is 14.2 Å². The molecule has 3 aromatic rings. The Morgan fingerprint density at radius 1 is 0.939 bits per heavy atom. The van der Waals surface area contributed by atoms with Crippen molar-refractivity contribution in [1.29, 1.82) is 0 Å². The monoisotopic (exact) mass is 446 g/mol. The summed E-state index contributed by atoms with van der Waals surface area (Å²) in [6.07, 6.45) is 0. The molecule has 0 saturated carbocycles. The maximum atomic E-state index is 13.1. The minimum atomic E-state index is -0.689. The number of rotatable bonds is 9. The molecule has 0 aromatic heterocycles. The Hall–Kier alpha value is -4.00. The van der Waals surface area contributed by atoms with Crippen molar-refractivity contribution in [2.45, 2.75) is 26.1 Å². The third-order valence-electron chi connectivity index (χ3n) is 5.37. The van der Waals surface area contributed by atoms with Crippen molar-refractivity contribution in [2.75, 3.05) is 13.4 Å². The van der Waals surface area contributed by atoms with Gasteiger partial charge in [0.15, 0.2) is 18.1 Å². The highest BCUT2D eigenvalue weighted by atomic mass is 16.7. The van der Waals surface area contributed by atoms with Gasteiger partial charge in [-0.25, -0.2) is 0 Å². The molecule has 0 aliphatic carbocycles. The molecule has 1 heterocycles. The average Bonchev–Trinajstić information content (AvgIpc) is 3.33. The Labute approximate surface area is 192 Å². The van der Waals surface area contributed by atoms with Crippen LogP contribution in [0.1, 0.15) is 18.1 Å². The van der Waals surface area contributed by atoms with Crippen molar-refractivity contribution in [2.24, 2.45) is 0 Å². The number of nitrogens with one attached hydrogen (secondary N) is 1. The van der Waals surface area contributed by atoms with E-state index in [1.807, 2.05) is 66.7 Å². The first-order valence-electron chi connectivity index (χ1n) is 10.8. The Balaban J connectivity index is 1.41. The summed E-state index contributed by atoms with van der Waals surface area (Å²) in [6.45, 7) is 2.38. The Bertz CT molecular complexity index is 1090. The lowest BCUT2D eigenvalue weighted by molar-refractivity contribution is -0.142. The van der Waals surface area contributed by atoms with Crippen LogP contribution in [0, 0.1) is 0 Å². The van der Waals surface area contributed by atoms with Gasteiger partial charge in [-0.15, -0.1) is 0 Å². The zero-order chi connectivity index (χ0) is 23.0. The number of hydrogen-bond donors (Lipinski definition) is 1. The predicted octanol–water partition coefficient (Wildman–Crippen LogP) is 3.53. The number of para-hydroxylation sites is 1. The highest BCUT2D eigenvalue weighted by Gasteiger charge is 2.26. The van der Waals surface area contributed by atoms with Gasteiger partial charge in [-0.1, -0.05) is 54.6 Å². The van der Waals surface area contributed by atoms with Crippen molar-refractivity contribution < 1.29 is 23.8 Å². The fraction of sp³-hybridized carbons (Fsp3) is 0.231. The normalized spacial score (nSPS) is 12.6. The van der Waals surface area contributed by atoms with E-state index < -0.39 is 6.04 Å². The van der Waals surface area contributed by atoms with Gasteiger partial charge in [0.25, 0.3) is 5.91 Å². The topological polar surface area (TPSA) is 77.1 Å². The summed E-state index contributed by atoms with van der Waals surface area (Å²) in [6, 6.07) is 23.6. The summed E-state index contributed by atoms with van der Waals surface area (Å²) in [5.41, 5.74) is 1.81. The third kappa shape index (κ3) is 5.83. The number of benzene rings is 3. The first-order chi connectivity index (χ1) is 16.1. The molecule has 3 aromatic carbocycles. The molecule has 0 spiro atoms. The fourth-order valence-electron chi connectivity index (χ4n) is 3.50. The molecule has 0 radical (unpaired) electrons. The molecule has 4 rings (SSSR count). The van der Waals surface area contributed by atoms with Gasteiger partial charge in [-0.2, -0.15) is 0 Å². The van der Waals surface area contributed by atoms with E-state index in [-0.39, 0.29) is 25.2 Å². The summed E-state index contributed by atoms with van der Waals surface area (Å²) < 4.78 is 16.4. The van der Waals surface area contributed by atoms with Gasteiger partial charge in [-0.3, -0.25) is 9.59 Å². The van der Waals surface area contributed by atoms with Crippen molar-refractivity contribution in [3.8, 4) is 17.2 Å². The molecule has 0 fully saturated rings. The predicted molar refractivity (Wildman–Crippen MR) is 123 cm³/mol. The molecular weight excluding hydrogens is 420 g/mol. The van der Waals surface area contributed by atoms with Gasteiger partial charge in [0.2, 0.25) is 12.7 Å². The van der Waals surface area contributed by atoms with Crippen LogP contribution in [-0.4, -0.2) is 36.2 Å². The zero-order valence-electron chi connectivity index (χ0n) is 18.4. The van der Waals surface area contributed by atoms with Crippen molar-refractivity contribution >= 4 is 11.8 Å². The van der Waals surface area contributed by atoms with Crippen LogP contribution in [0.15, 0.2) is 78.9 Å². The van der Waals surface area contributed by atoms with E-state index >= 15 is 0 Å². The lowest BCUT2D eigenvalue weighted by Crippen LogP contribution is -2.48. The summed E-state index contributed by atoms with van der Waals surface area (Å²) in [5, 5.41) is 2.91. The Morgan fingerprint density at radius 3 is 2.39 bits per heavy atom. The van der Waals surface area contributed by atoms with Crippen molar-refractivity contribution in [3.63, 3.8) is 0 Å². The first-order valence-corrected chi connectivity index (χ1v) is 10.8. The number of carbonyl (C=O) groups excluding carboxylic acids is 2. The van der Waals surface area contributed by atoms with E-state index in [0.29, 0.717) is 30.3 Å². The number of amides is 2. The lowest BCUT2D eigenvalue weighted by atomic mass is 10.1. The van der Waals surface area contributed by atoms with Crippen LogP contribution >= 0.6 is 0 Å². The van der Waals surface area contributed by atoms with Crippen LogP contribution in [0.3, 0.4) is 0 Å². The molecule has 0 unspecified atom stereocenters. The van der Waals surface area contributed by atoms with Crippen LogP contribution in [-0.2, 0) is 22.7 Å². The van der Waals surface area contributed by atoms with Crippen LogP contribution < -0.4 is 19.5 Å². The summed E-state index contributed by atoms with van der Waals surface area (Å²) >= 11 is 0. The number of carbonyl (C=O) groups is 2. The average molecular weight is 447 g/mol. The Kier molecular flexibility index (Phi) is 7.09. The van der Waals surface area contributed by atoms with Crippen LogP contribution in [0.25, 0.3) is 0 Å². The maximum absolute atomic E-state index is 13.1. The molecule has 0 saturated heterocycles. The highest BCUT2D eigenvalue weighted by Crippen LogP contribution is 2.32. The molecular formula is C26H26N2O5. The fourth-order valence-corrected chi connectivity index (χ4v) is 3.50. The molecule has 7 heteroatoms. The smallest absolute Gasteiger partial charge is 0.261 e. The van der Waals surface area contributed by atoms with Gasteiger partial charge >= 0.3 is 0 Å². The van der Waals surface area contributed by atoms with Gasteiger partial charge in [0.05, 0.1) is 0 Å². The van der Waals surface area contributed by atoms with E-state index in [0.717, 1.165) is 11.1 Å². The van der Waals surface area contributed by atoms with E-state index in [1.165, 1.54) is 4.90 Å². The molecule has 170 valence electrons. The quantitative estimate of drug-likeness (QED) is 0.544. The van der Waals surface area contributed by atoms with E-state index in [2.05, 4.69) is 5.32 Å². The second-order valence-electron chi connectivity index (χ2n) is 7.69. The first kappa shape index (κ1) is 22.2. The van der Waals surface area contributed by atoms with Gasteiger partial charge in [-0.05, 0) is 42.3 Å². The Morgan fingerprint density at radius 2 is 1.64 bits per heavy atom. The van der Waals surface area contributed by atoms with Gasteiger partial charge in [0, 0.05) is 13.1 Å². The van der Waals surface area contributed by atoms with Crippen molar-refractivity contribution in [3.05, 3.63) is 90.0 Å².